The highest BCUT2D eigenvalue weighted by atomic mass is 16.5. The van der Waals surface area contributed by atoms with Crippen LogP contribution in [0.2, 0.25) is 0 Å². The van der Waals surface area contributed by atoms with Gasteiger partial charge >= 0.3 is 0 Å². The number of para-hydroxylation sites is 2. The number of amides is 2. The lowest BCUT2D eigenvalue weighted by molar-refractivity contribution is -0.123. The molecule has 6 nitrogen and oxygen atoms in total. The molecular formula is C22H33N3O3. The van der Waals surface area contributed by atoms with Gasteiger partial charge < -0.3 is 15.4 Å². The van der Waals surface area contributed by atoms with Gasteiger partial charge in [-0.25, -0.2) is 0 Å². The molecule has 0 fully saturated rings. The number of nitrogens with one attached hydrogen (secondary N) is 2. The van der Waals surface area contributed by atoms with E-state index >= 15 is 0 Å². The predicted molar refractivity (Wildman–Crippen MR) is 113 cm³/mol. The maximum Gasteiger partial charge on any atom is 0.238 e. The van der Waals surface area contributed by atoms with Crippen LogP contribution in [-0.2, 0) is 9.59 Å². The zero-order valence-electron chi connectivity index (χ0n) is 17.1. The Morgan fingerprint density at radius 2 is 1.93 bits per heavy atom. The fourth-order valence-electron chi connectivity index (χ4n) is 3.42. The van der Waals surface area contributed by atoms with Crippen LogP contribution in [-0.4, -0.2) is 50.0 Å². The summed E-state index contributed by atoms with van der Waals surface area (Å²) < 4.78 is 5.26. The van der Waals surface area contributed by atoms with Gasteiger partial charge in [-0.1, -0.05) is 30.7 Å². The van der Waals surface area contributed by atoms with Gasteiger partial charge in [0.2, 0.25) is 11.8 Å². The molecule has 0 unspecified atom stereocenters. The molecule has 0 aliphatic heterocycles. The lowest BCUT2D eigenvalue weighted by atomic mass is 9.97. The SMILES string of the molecule is CCCN(CC(=O)NCCC1=CCCCC1)CC(=O)Nc1ccccc1OC. The highest BCUT2D eigenvalue weighted by Gasteiger charge is 2.15. The van der Waals surface area contributed by atoms with Gasteiger partial charge in [0.05, 0.1) is 25.9 Å². The summed E-state index contributed by atoms with van der Waals surface area (Å²) in [5.74, 6) is 0.431. The Labute approximate surface area is 168 Å². The normalized spacial score (nSPS) is 13.8. The molecule has 0 heterocycles. The zero-order chi connectivity index (χ0) is 20.2. The molecule has 2 rings (SSSR count). The van der Waals surface area contributed by atoms with Crippen LogP contribution in [0.3, 0.4) is 0 Å². The molecule has 28 heavy (non-hydrogen) atoms. The maximum absolute atomic E-state index is 12.4. The van der Waals surface area contributed by atoms with Crippen molar-refractivity contribution in [3.63, 3.8) is 0 Å². The summed E-state index contributed by atoms with van der Waals surface area (Å²) in [6.07, 6.45) is 8.96. The third-order valence-corrected chi connectivity index (χ3v) is 4.81. The minimum Gasteiger partial charge on any atom is -0.495 e. The molecule has 1 aliphatic carbocycles. The molecule has 0 aromatic heterocycles. The van der Waals surface area contributed by atoms with E-state index in [2.05, 4.69) is 16.7 Å². The first-order valence-electron chi connectivity index (χ1n) is 10.2. The third-order valence-electron chi connectivity index (χ3n) is 4.81. The second-order valence-electron chi connectivity index (χ2n) is 7.17. The molecule has 6 heteroatoms. The first-order valence-corrected chi connectivity index (χ1v) is 10.2. The van der Waals surface area contributed by atoms with E-state index < -0.39 is 0 Å². The molecule has 1 aliphatic rings. The standard InChI is InChI=1S/C22H33N3O3/c1-3-15-25(16-21(26)23-14-13-18-9-5-4-6-10-18)17-22(27)24-19-11-7-8-12-20(19)28-2/h7-9,11-12H,3-6,10,13-17H2,1-2H3,(H,23,26)(H,24,27). The van der Waals surface area contributed by atoms with Gasteiger partial charge in [0.15, 0.2) is 0 Å². The van der Waals surface area contributed by atoms with E-state index in [4.69, 9.17) is 4.74 Å². The van der Waals surface area contributed by atoms with E-state index in [1.54, 1.807) is 19.2 Å². The van der Waals surface area contributed by atoms with Gasteiger partial charge in [0.25, 0.3) is 0 Å². The number of benzene rings is 1. The van der Waals surface area contributed by atoms with Crippen LogP contribution in [0, 0.1) is 0 Å². The van der Waals surface area contributed by atoms with Crippen molar-refractivity contribution in [2.75, 3.05) is 38.6 Å². The first-order chi connectivity index (χ1) is 13.6. The van der Waals surface area contributed by atoms with Crippen molar-refractivity contribution in [1.29, 1.82) is 0 Å². The number of ether oxygens (including phenoxy) is 1. The highest BCUT2D eigenvalue weighted by Crippen LogP contribution is 2.23. The average molecular weight is 388 g/mol. The Morgan fingerprint density at radius 1 is 1.14 bits per heavy atom. The van der Waals surface area contributed by atoms with Crippen molar-refractivity contribution in [1.82, 2.24) is 10.2 Å². The molecule has 0 saturated carbocycles. The van der Waals surface area contributed by atoms with E-state index in [0.29, 0.717) is 24.5 Å². The fourth-order valence-corrected chi connectivity index (χ4v) is 3.42. The van der Waals surface area contributed by atoms with Gasteiger partial charge in [-0.2, -0.15) is 0 Å². The molecule has 0 atom stereocenters. The average Bonchev–Trinajstić information content (AvgIpc) is 2.69. The number of hydrogen-bond donors (Lipinski definition) is 2. The lowest BCUT2D eigenvalue weighted by Gasteiger charge is -2.21. The smallest absolute Gasteiger partial charge is 0.238 e. The van der Waals surface area contributed by atoms with Crippen molar-refractivity contribution >= 4 is 17.5 Å². The summed E-state index contributed by atoms with van der Waals surface area (Å²) in [5.41, 5.74) is 2.09. The number of hydrogen-bond acceptors (Lipinski definition) is 4. The fraction of sp³-hybridized carbons (Fsp3) is 0.545. The molecule has 154 valence electrons. The van der Waals surface area contributed by atoms with Crippen molar-refractivity contribution in [2.45, 2.75) is 45.4 Å². The Balaban J connectivity index is 1.78. The summed E-state index contributed by atoms with van der Waals surface area (Å²) in [4.78, 5) is 26.6. The summed E-state index contributed by atoms with van der Waals surface area (Å²) >= 11 is 0. The Morgan fingerprint density at radius 3 is 2.64 bits per heavy atom. The van der Waals surface area contributed by atoms with Gasteiger partial charge in [-0.15, -0.1) is 0 Å². The predicted octanol–water partition coefficient (Wildman–Crippen LogP) is 3.35. The van der Waals surface area contributed by atoms with E-state index in [-0.39, 0.29) is 24.9 Å². The number of nitrogens with zero attached hydrogens (tertiary/aromatic N) is 1. The minimum atomic E-state index is -0.155. The second kappa shape index (κ2) is 12.2. The monoisotopic (exact) mass is 387 g/mol. The van der Waals surface area contributed by atoms with Crippen LogP contribution in [0.1, 0.15) is 45.4 Å². The van der Waals surface area contributed by atoms with Crippen LogP contribution in [0.5, 0.6) is 5.75 Å². The van der Waals surface area contributed by atoms with Crippen LogP contribution >= 0.6 is 0 Å². The molecule has 0 saturated heterocycles. The molecule has 0 bridgehead atoms. The second-order valence-corrected chi connectivity index (χ2v) is 7.17. The Bertz CT molecular complexity index is 673. The number of carbonyl (C=O) groups is 2. The van der Waals surface area contributed by atoms with Crippen molar-refractivity contribution in [2.24, 2.45) is 0 Å². The molecule has 1 aromatic carbocycles. The zero-order valence-corrected chi connectivity index (χ0v) is 17.1. The van der Waals surface area contributed by atoms with Crippen LogP contribution < -0.4 is 15.4 Å². The quantitative estimate of drug-likeness (QED) is 0.571. The van der Waals surface area contributed by atoms with Crippen LogP contribution in [0.15, 0.2) is 35.9 Å². The van der Waals surface area contributed by atoms with Gasteiger partial charge in [0.1, 0.15) is 5.75 Å². The molecule has 0 radical (unpaired) electrons. The van der Waals surface area contributed by atoms with Crippen molar-refractivity contribution in [3.05, 3.63) is 35.9 Å². The van der Waals surface area contributed by atoms with Crippen LogP contribution in [0.4, 0.5) is 5.69 Å². The first kappa shape index (κ1) is 22.0. The Hall–Kier alpha value is -2.34. The summed E-state index contributed by atoms with van der Waals surface area (Å²) in [7, 11) is 1.57. The summed E-state index contributed by atoms with van der Waals surface area (Å²) in [6.45, 7) is 3.80. The van der Waals surface area contributed by atoms with E-state index in [9.17, 15) is 9.59 Å². The van der Waals surface area contributed by atoms with Gasteiger partial charge in [-0.05, 0) is 57.2 Å². The number of allylic oxidation sites excluding steroid dienone is 1. The molecular weight excluding hydrogens is 354 g/mol. The molecule has 1 aromatic rings. The third kappa shape index (κ3) is 7.72. The number of methoxy groups -OCH3 is 1. The minimum absolute atomic E-state index is 0.0325. The van der Waals surface area contributed by atoms with E-state index in [1.165, 1.54) is 18.4 Å². The number of carbonyl (C=O) groups excluding carboxylic acids is 2. The summed E-state index contributed by atoms with van der Waals surface area (Å²) in [6, 6.07) is 7.30. The molecule has 2 amide bonds. The number of rotatable bonds is 11. The maximum atomic E-state index is 12.4. The van der Waals surface area contributed by atoms with Crippen molar-refractivity contribution in [3.8, 4) is 5.75 Å². The lowest BCUT2D eigenvalue weighted by Crippen LogP contribution is -2.41. The Kier molecular flexibility index (Phi) is 9.55. The molecule has 2 N–H and O–H groups in total. The van der Waals surface area contributed by atoms with Crippen LogP contribution in [0.25, 0.3) is 0 Å². The highest BCUT2D eigenvalue weighted by molar-refractivity contribution is 5.94. The number of anilines is 1. The summed E-state index contributed by atoms with van der Waals surface area (Å²) in [5, 5.41) is 5.85. The van der Waals surface area contributed by atoms with Gasteiger partial charge in [0, 0.05) is 6.54 Å². The van der Waals surface area contributed by atoms with Gasteiger partial charge in [-0.3, -0.25) is 14.5 Å². The topological polar surface area (TPSA) is 70.7 Å². The van der Waals surface area contributed by atoms with E-state index in [1.807, 2.05) is 24.0 Å². The molecule has 0 spiro atoms. The van der Waals surface area contributed by atoms with Crippen molar-refractivity contribution < 1.29 is 14.3 Å². The van der Waals surface area contributed by atoms with E-state index in [0.717, 1.165) is 25.7 Å². The largest absolute Gasteiger partial charge is 0.495 e.